The van der Waals surface area contributed by atoms with Gasteiger partial charge in [-0.15, -0.1) is 0 Å². The Morgan fingerprint density at radius 2 is 1.82 bits per heavy atom. The maximum Gasteiger partial charge on any atom is 0.251 e. The quantitative estimate of drug-likeness (QED) is 0.803. The lowest BCUT2D eigenvalue weighted by Crippen LogP contribution is -2.48. The molecule has 2 unspecified atom stereocenters. The van der Waals surface area contributed by atoms with E-state index < -0.39 is 10.0 Å². The molecule has 1 amide bonds. The topological polar surface area (TPSA) is 75.7 Å². The molecular formula is C20H23ClN2O4S. The lowest BCUT2D eigenvalue weighted by Gasteiger charge is -2.34. The largest absolute Gasteiger partial charge is 0.373 e. The fourth-order valence-electron chi connectivity index (χ4n) is 3.21. The first-order valence-corrected chi connectivity index (χ1v) is 10.9. The fraction of sp³-hybridized carbons (Fsp3) is 0.350. The number of halogens is 1. The van der Waals surface area contributed by atoms with Crippen LogP contribution in [0.15, 0.2) is 53.4 Å². The van der Waals surface area contributed by atoms with Crippen LogP contribution in [0.3, 0.4) is 0 Å². The summed E-state index contributed by atoms with van der Waals surface area (Å²) in [4.78, 5) is 12.6. The molecule has 2 aromatic carbocycles. The molecule has 1 N–H and O–H groups in total. The van der Waals surface area contributed by atoms with Gasteiger partial charge in [0.15, 0.2) is 0 Å². The average molecular weight is 423 g/mol. The first-order valence-electron chi connectivity index (χ1n) is 9.04. The van der Waals surface area contributed by atoms with Crippen LogP contribution in [0.1, 0.15) is 29.8 Å². The van der Waals surface area contributed by atoms with Gasteiger partial charge >= 0.3 is 0 Å². The summed E-state index contributed by atoms with van der Waals surface area (Å²) in [6, 6.07) is 13.3. The van der Waals surface area contributed by atoms with Crippen molar-refractivity contribution in [1.82, 2.24) is 9.62 Å². The van der Waals surface area contributed by atoms with E-state index in [0.717, 1.165) is 5.56 Å². The number of amides is 1. The van der Waals surface area contributed by atoms with Crippen molar-refractivity contribution in [3.63, 3.8) is 0 Å². The lowest BCUT2D eigenvalue weighted by molar-refractivity contribution is -0.0440. The predicted octanol–water partition coefficient (Wildman–Crippen LogP) is 3.07. The van der Waals surface area contributed by atoms with E-state index in [1.54, 1.807) is 30.3 Å². The molecule has 28 heavy (non-hydrogen) atoms. The number of carbonyl (C=O) groups is 1. The van der Waals surface area contributed by atoms with Crippen LogP contribution in [0.25, 0.3) is 0 Å². The summed E-state index contributed by atoms with van der Waals surface area (Å²) in [5.41, 5.74) is 1.15. The minimum Gasteiger partial charge on any atom is -0.373 e. The lowest BCUT2D eigenvalue weighted by atomic mass is 10.2. The van der Waals surface area contributed by atoms with Crippen LogP contribution < -0.4 is 5.32 Å². The van der Waals surface area contributed by atoms with E-state index in [-0.39, 0.29) is 41.7 Å². The van der Waals surface area contributed by atoms with Gasteiger partial charge < -0.3 is 10.1 Å². The Bertz CT molecular complexity index is 954. The Labute approximate surface area is 170 Å². The molecule has 1 aliphatic rings. The van der Waals surface area contributed by atoms with E-state index in [1.165, 1.54) is 16.4 Å². The maximum absolute atomic E-state index is 13.0. The zero-order chi connectivity index (χ0) is 20.3. The van der Waals surface area contributed by atoms with E-state index in [4.69, 9.17) is 16.3 Å². The van der Waals surface area contributed by atoms with Gasteiger partial charge in [-0.2, -0.15) is 4.31 Å². The first-order chi connectivity index (χ1) is 13.3. The minimum absolute atomic E-state index is 0.101. The molecule has 6 nitrogen and oxygen atoms in total. The summed E-state index contributed by atoms with van der Waals surface area (Å²) in [7, 11) is -3.70. The normalized spacial score (nSPS) is 20.7. The third-order valence-corrected chi connectivity index (χ3v) is 6.52. The minimum atomic E-state index is -3.70. The number of nitrogens with one attached hydrogen (secondary N) is 1. The van der Waals surface area contributed by atoms with Crippen molar-refractivity contribution >= 4 is 27.5 Å². The van der Waals surface area contributed by atoms with E-state index in [1.807, 2.05) is 19.9 Å². The fourth-order valence-corrected chi connectivity index (χ4v) is 5.05. The van der Waals surface area contributed by atoms with E-state index in [0.29, 0.717) is 11.6 Å². The van der Waals surface area contributed by atoms with Crippen LogP contribution >= 0.6 is 11.6 Å². The molecule has 8 heteroatoms. The monoisotopic (exact) mass is 422 g/mol. The molecule has 0 radical (unpaired) electrons. The van der Waals surface area contributed by atoms with Gasteiger partial charge in [-0.1, -0.05) is 29.8 Å². The molecule has 0 spiro atoms. The molecule has 1 fully saturated rings. The highest BCUT2D eigenvalue weighted by Crippen LogP contribution is 2.22. The maximum atomic E-state index is 13.0. The van der Waals surface area contributed by atoms with Crippen LogP contribution in [0.2, 0.25) is 5.02 Å². The van der Waals surface area contributed by atoms with Gasteiger partial charge in [0.2, 0.25) is 10.0 Å². The molecule has 0 saturated carbocycles. The standard InChI is InChI=1S/C20H23ClN2O4S/c1-14-12-23(13-15(2)27-14)28(25,26)19-8-4-6-17(10-19)20(24)22-11-16-5-3-7-18(21)9-16/h3-10,14-15H,11-13H2,1-2H3,(H,22,24). The number of nitrogens with zero attached hydrogens (tertiary/aromatic N) is 1. The summed E-state index contributed by atoms with van der Waals surface area (Å²) >= 11 is 5.95. The van der Waals surface area contributed by atoms with Crippen LogP contribution in [-0.2, 0) is 21.3 Å². The molecule has 0 aromatic heterocycles. The molecule has 1 aliphatic heterocycles. The highest BCUT2D eigenvalue weighted by atomic mass is 35.5. The summed E-state index contributed by atoms with van der Waals surface area (Å²) in [6.07, 6.45) is -0.356. The van der Waals surface area contributed by atoms with Crippen LogP contribution in [-0.4, -0.2) is 43.9 Å². The first kappa shape index (κ1) is 20.8. The number of sulfonamides is 1. The smallest absolute Gasteiger partial charge is 0.251 e. The predicted molar refractivity (Wildman–Crippen MR) is 108 cm³/mol. The van der Waals surface area contributed by atoms with Crippen molar-refractivity contribution < 1.29 is 17.9 Å². The Hall–Kier alpha value is -1.93. The Morgan fingerprint density at radius 3 is 2.50 bits per heavy atom. The number of hydrogen-bond donors (Lipinski definition) is 1. The van der Waals surface area contributed by atoms with Crippen molar-refractivity contribution in [2.45, 2.75) is 37.5 Å². The number of carbonyl (C=O) groups excluding carboxylic acids is 1. The van der Waals surface area contributed by atoms with Crippen molar-refractivity contribution in [2.75, 3.05) is 13.1 Å². The van der Waals surface area contributed by atoms with Crippen LogP contribution in [0.4, 0.5) is 0 Å². The van der Waals surface area contributed by atoms with Gasteiger partial charge in [-0.3, -0.25) is 4.79 Å². The summed E-state index contributed by atoms with van der Waals surface area (Å²) in [6.45, 7) is 4.57. The SMILES string of the molecule is CC1CN(S(=O)(=O)c2cccc(C(=O)NCc3cccc(Cl)c3)c2)CC(C)O1. The molecule has 0 bridgehead atoms. The van der Waals surface area contributed by atoms with Crippen LogP contribution in [0, 0.1) is 0 Å². The van der Waals surface area contributed by atoms with Gasteiger partial charge in [-0.25, -0.2) is 8.42 Å². The van der Waals surface area contributed by atoms with Crippen molar-refractivity contribution in [3.05, 3.63) is 64.7 Å². The molecule has 3 rings (SSSR count). The highest BCUT2D eigenvalue weighted by Gasteiger charge is 2.32. The summed E-state index contributed by atoms with van der Waals surface area (Å²) < 4.78 is 33.0. The second-order valence-electron chi connectivity index (χ2n) is 6.92. The van der Waals surface area contributed by atoms with Gasteiger partial charge in [0, 0.05) is 30.2 Å². The Kier molecular flexibility index (Phi) is 6.40. The van der Waals surface area contributed by atoms with Crippen LogP contribution in [0.5, 0.6) is 0 Å². The second kappa shape index (κ2) is 8.61. The van der Waals surface area contributed by atoms with Crippen molar-refractivity contribution in [1.29, 1.82) is 0 Å². The summed E-state index contributed by atoms with van der Waals surface area (Å²) in [5, 5.41) is 3.38. The molecule has 1 saturated heterocycles. The molecule has 150 valence electrons. The van der Waals surface area contributed by atoms with Gasteiger partial charge in [-0.05, 0) is 49.7 Å². The summed E-state index contributed by atoms with van der Waals surface area (Å²) in [5.74, 6) is -0.347. The van der Waals surface area contributed by atoms with E-state index in [2.05, 4.69) is 5.32 Å². The second-order valence-corrected chi connectivity index (χ2v) is 9.29. The highest BCUT2D eigenvalue weighted by molar-refractivity contribution is 7.89. The number of benzene rings is 2. The third kappa shape index (κ3) is 4.91. The van der Waals surface area contributed by atoms with E-state index in [9.17, 15) is 13.2 Å². The average Bonchev–Trinajstić information content (AvgIpc) is 2.65. The molecule has 2 aromatic rings. The van der Waals surface area contributed by atoms with Crippen molar-refractivity contribution in [2.24, 2.45) is 0 Å². The molecule has 0 aliphatic carbocycles. The number of ether oxygens (including phenoxy) is 1. The van der Waals surface area contributed by atoms with Gasteiger partial charge in [0.05, 0.1) is 17.1 Å². The zero-order valence-corrected chi connectivity index (χ0v) is 17.3. The zero-order valence-electron chi connectivity index (χ0n) is 15.8. The molecular weight excluding hydrogens is 400 g/mol. The molecule has 2 atom stereocenters. The van der Waals surface area contributed by atoms with Gasteiger partial charge in [0.25, 0.3) is 5.91 Å². The molecule has 1 heterocycles. The number of rotatable bonds is 5. The Balaban J connectivity index is 1.74. The Morgan fingerprint density at radius 1 is 1.14 bits per heavy atom. The number of morpholine rings is 1. The third-order valence-electron chi connectivity index (χ3n) is 4.46. The van der Waals surface area contributed by atoms with Crippen molar-refractivity contribution in [3.8, 4) is 0 Å². The van der Waals surface area contributed by atoms with Gasteiger partial charge in [0.1, 0.15) is 0 Å². The number of hydrogen-bond acceptors (Lipinski definition) is 4. The van der Waals surface area contributed by atoms with E-state index >= 15 is 0 Å².